The summed E-state index contributed by atoms with van der Waals surface area (Å²) in [6, 6.07) is -1.07. The highest BCUT2D eigenvalue weighted by Gasteiger charge is 2.29. The van der Waals surface area contributed by atoms with E-state index < -0.39 is 12.0 Å². The van der Waals surface area contributed by atoms with Crippen molar-refractivity contribution in [2.45, 2.75) is 52.6 Å². The normalized spacial score (nSPS) is 23.9. The monoisotopic (exact) mass is 270 g/mol. The van der Waals surface area contributed by atoms with Gasteiger partial charge >= 0.3 is 5.97 Å². The first-order valence-electron chi connectivity index (χ1n) is 7.10. The van der Waals surface area contributed by atoms with Gasteiger partial charge in [0.1, 0.15) is 6.04 Å². The maximum absolute atomic E-state index is 12.2. The van der Waals surface area contributed by atoms with Gasteiger partial charge in [-0.05, 0) is 38.1 Å². The average Bonchev–Trinajstić information content (AvgIpc) is 2.33. The minimum Gasteiger partial charge on any atom is -0.480 e. The van der Waals surface area contributed by atoms with Crippen LogP contribution in [0.2, 0.25) is 0 Å². The van der Waals surface area contributed by atoms with Crippen molar-refractivity contribution < 1.29 is 14.7 Å². The van der Waals surface area contributed by atoms with E-state index >= 15 is 0 Å². The van der Waals surface area contributed by atoms with E-state index in [0.717, 1.165) is 19.5 Å². The average molecular weight is 270 g/mol. The summed E-state index contributed by atoms with van der Waals surface area (Å²) in [6.07, 6.45) is 2.31. The summed E-state index contributed by atoms with van der Waals surface area (Å²) in [5.74, 6) is -0.670. The van der Waals surface area contributed by atoms with Crippen LogP contribution in [0.25, 0.3) is 0 Å². The van der Waals surface area contributed by atoms with Crippen molar-refractivity contribution >= 4 is 11.9 Å². The van der Waals surface area contributed by atoms with Crippen molar-refractivity contribution in [3.05, 3.63) is 0 Å². The molecule has 0 aromatic carbocycles. The quantitative estimate of drug-likeness (QED) is 0.791. The van der Waals surface area contributed by atoms with Crippen molar-refractivity contribution in [2.75, 3.05) is 13.1 Å². The van der Waals surface area contributed by atoms with E-state index in [4.69, 9.17) is 5.11 Å². The van der Waals surface area contributed by atoms with Crippen molar-refractivity contribution in [1.29, 1.82) is 0 Å². The molecule has 3 atom stereocenters. The molecule has 1 saturated heterocycles. The van der Waals surface area contributed by atoms with E-state index in [9.17, 15) is 9.59 Å². The van der Waals surface area contributed by atoms with E-state index in [0.29, 0.717) is 5.92 Å². The van der Waals surface area contributed by atoms with Gasteiger partial charge in [-0.2, -0.15) is 0 Å². The Morgan fingerprint density at radius 3 is 2.42 bits per heavy atom. The number of hydrogen-bond acceptors (Lipinski definition) is 3. The number of carboxylic acid groups (broad SMARTS) is 1. The molecule has 5 nitrogen and oxygen atoms in total. The second kappa shape index (κ2) is 6.89. The molecule has 19 heavy (non-hydrogen) atoms. The second-order valence-corrected chi connectivity index (χ2v) is 5.99. The van der Waals surface area contributed by atoms with Crippen LogP contribution in [0.1, 0.15) is 40.5 Å². The molecule has 0 aromatic rings. The lowest BCUT2D eigenvalue weighted by Crippen LogP contribution is -2.53. The molecule has 1 aliphatic rings. The maximum Gasteiger partial charge on any atom is 0.326 e. The van der Waals surface area contributed by atoms with Gasteiger partial charge in [-0.15, -0.1) is 0 Å². The molecule has 0 saturated carbocycles. The van der Waals surface area contributed by atoms with Crippen LogP contribution in [0.15, 0.2) is 0 Å². The zero-order chi connectivity index (χ0) is 14.6. The summed E-state index contributed by atoms with van der Waals surface area (Å²) in [5, 5.41) is 11.7. The summed E-state index contributed by atoms with van der Waals surface area (Å²) in [5.41, 5.74) is 0. The third-order valence-corrected chi connectivity index (χ3v) is 3.85. The van der Waals surface area contributed by atoms with Crippen LogP contribution in [0.3, 0.4) is 0 Å². The Hall–Kier alpha value is -1.10. The zero-order valence-electron chi connectivity index (χ0n) is 12.3. The van der Waals surface area contributed by atoms with Crippen molar-refractivity contribution in [2.24, 2.45) is 11.8 Å². The molecule has 5 heteroatoms. The molecule has 0 aromatic heterocycles. The van der Waals surface area contributed by atoms with Crippen LogP contribution < -0.4 is 5.32 Å². The van der Waals surface area contributed by atoms with Gasteiger partial charge in [-0.3, -0.25) is 9.69 Å². The van der Waals surface area contributed by atoms with Gasteiger partial charge in [0.05, 0.1) is 6.04 Å². The molecule has 3 unspecified atom stereocenters. The molecule has 1 fully saturated rings. The lowest BCUT2D eigenvalue weighted by atomic mass is 9.98. The minimum atomic E-state index is -0.970. The Morgan fingerprint density at radius 2 is 1.95 bits per heavy atom. The fraction of sp³-hybridized carbons (Fsp3) is 0.857. The van der Waals surface area contributed by atoms with E-state index in [-0.39, 0.29) is 17.9 Å². The standard InChI is InChI=1S/C14H26N2O3/c1-9(2)12(14(18)19)15-13(17)11(4)16-7-5-6-10(3)8-16/h9-12H,5-8H2,1-4H3,(H,15,17)(H,18,19). The SMILES string of the molecule is CC1CCCN(C(C)C(=O)NC(C(=O)O)C(C)C)C1. The van der Waals surface area contributed by atoms with Gasteiger partial charge in [0, 0.05) is 6.54 Å². The number of carboxylic acids is 1. The highest BCUT2D eigenvalue weighted by atomic mass is 16.4. The first-order valence-corrected chi connectivity index (χ1v) is 7.10. The number of aliphatic carboxylic acids is 1. The molecular formula is C14H26N2O3. The van der Waals surface area contributed by atoms with Gasteiger partial charge in [0.15, 0.2) is 0 Å². The van der Waals surface area contributed by atoms with E-state index in [2.05, 4.69) is 17.1 Å². The summed E-state index contributed by atoms with van der Waals surface area (Å²) in [4.78, 5) is 25.4. The zero-order valence-corrected chi connectivity index (χ0v) is 12.3. The number of rotatable bonds is 5. The fourth-order valence-corrected chi connectivity index (χ4v) is 2.53. The molecule has 1 rings (SSSR count). The third-order valence-electron chi connectivity index (χ3n) is 3.85. The number of nitrogens with one attached hydrogen (secondary N) is 1. The first-order chi connectivity index (χ1) is 8.82. The lowest BCUT2D eigenvalue weighted by Gasteiger charge is -2.35. The Kier molecular flexibility index (Phi) is 5.79. The Bertz CT molecular complexity index is 331. The second-order valence-electron chi connectivity index (χ2n) is 5.99. The van der Waals surface area contributed by atoms with Crippen LogP contribution in [-0.2, 0) is 9.59 Å². The Labute approximate surface area is 115 Å². The molecule has 0 aliphatic carbocycles. The summed E-state index contributed by atoms with van der Waals surface area (Å²) in [6.45, 7) is 9.46. The molecule has 1 aliphatic heterocycles. The summed E-state index contributed by atoms with van der Waals surface area (Å²) in [7, 11) is 0. The number of hydrogen-bond donors (Lipinski definition) is 2. The molecule has 0 radical (unpaired) electrons. The van der Waals surface area contributed by atoms with Crippen LogP contribution in [0, 0.1) is 11.8 Å². The first kappa shape index (κ1) is 16.0. The third kappa shape index (κ3) is 4.49. The van der Waals surface area contributed by atoms with Crippen LogP contribution in [-0.4, -0.2) is 47.1 Å². The molecule has 1 heterocycles. The lowest BCUT2D eigenvalue weighted by molar-refractivity contribution is -0.144. The van der Waals surface area contributed by atoms with Gasteiger partial charge < -0.3 is 10.4 Å². The van der Waals surface area contributed by atoms with E-state index in [1.807, 2.05) is 6.92 Å². The molecule has 2 N–H and O–H groups in total. The number of carbonyl (C=O) groups is 2. The fourth-order valence-electron chi connectivity index (χ4n) is 2.53. The van der Waals surface area contributed by atoms with Gasteiger partial charge in [-0.25, -0.2) is 4.79 Å². The van der Waals surface area contributed by atoms with Crippen molar-refractivity contribution in [3.8, 4) is 0 Å². The predicted molar refractivity (Wildman–Crippen MR) is 73.8 cm³/mol. The Morgan fingerprint density at radius 1 is 1.32 bits per heavy atom. The van der Waals surface area contributed by atoms with Crippen molar-refractivity contribution in [1.82, 2.24) is 10.2 Å². The molecule has 0 bridgehead atoms. The smallest absolute Gasteiger partial charge is 0.326 e. The van der Waals surface area contributed by atoms with Gasteiger partial charge in [0.25, 0.3) is 0 Å². The molecule has 0 spiro atoms. The molecular weight excluding hydrogens is 244 g/mol. The maximum atomic E-state index is 12.2. The summed E-state index contributed by atoms with van der Waals surface area (Å²) >= 11 is 0. The van der Waals surface area contributed by atoms with Gasteiger partial charge in [0.2, 0.25) is 5.91 Å². The van der Waals surface area contributed by atoms with E-state index in [1.54, 1.807) is 13.8 Å². The topological polar surface area (TPSA) is 69.6 Å². The van der Waals surface area contributed by atoms with Crippen molar-refractivity contribution in [3.63, 3.8) is 0 Å². The highest BCUT2D eigenvalue weighted by Crippen LogP contribution is 2.17. The number of piperidine rings is 1. The molecule has 110 valence electrons. The van der Waals surface area contributed by atoms with Crippen LogP contribution in [0.5, 0.6) is 0 Å². The van der Waals surface area contributed by atoms with E-state index in [1.165, 1.54) is 6.42 Å². The van der Waals surface area contributed by atoms with Gasteiger partial charge in [-0.1, -0.05) is 20.8 Å². The Balaban J connectivity index is 2.58. The largest absolute Gasteiger partial charge is 0.480 e. The minimum absolute atomic E-state index is 0.117. The summed E-state index contributed by atoms with van der Waals surface area (Å²) < 4.78 is 0. The van der Waals surface area contributed by atoms with Crippen LogP contribution >= 0.6 is 0 Å². The predicted octanol–water partition coefficient (Wildman–Crippen LogP) is 1.33. The number of carbonyl (C=O) groups excluding carboxylic acids is 1. The number of nitrogens with zero attached hydrogens (tertiary/aromatic N) is 1. The van der Waals surface area contributed by atoms with Crippen LogP contribution in [0.4, 0.5) is 0 Å². The molecule has 1 amide bonds. The number of amides is 1. The highest BCUT2D eigenvalue weighted by molar-refractivity contribution is 5.86. The number of likely N-dealkylation sites (tertiary alicyclic amines) is 1.